The molecule has 1 heterocycles. The molecule has 1 amide bonds. The second-order valence-corrected chi connectivity index (χ2v) is 6.74. The predicted octanol–water partition coefficient (Wildman–Crippen LogP) is 4.98. The fraction of sp³-hybridized carbons (Fsp3) is 0.150. The van der Waals surface area contributed by atoms with Gasteiger partial charge in [0.25, 0.3) is 5.91 Å². The van der Waals surface area contributed by atoms with E-state index in [-0.39, 0.29) is 5.91 Å². The zero-order valence-electron chi connectivity index (χ0n) is 14.2. The number of hydrogen-bond acceptors (Lipinski definition) is 4. The molecule has 0 saturated heterocycles. The van der Waals surface area contributed by atoms with Crippen molar-refractivity contribution in [3.8, 4) is 0 Å². The van der Waals surface area contributed by atoms with E-state index in [0.717, 1.165) is 38.3 Å². The van der Waals surface area contributed by atoms with Crippen LogP contribution in [0.5, 0.6) is 0 Å². The summed E-state index contributed by atoms with van der Waals surface area (Å²) in [7, 11) is 1.91. The maximum absolute atomic E-state index is 12.6. The van der Waals surface area contributed by atoms with Gasteiger partial charge in [-0.05, 0) is 60.7 Å². The van der Waals surface area contributed by atoms with E-state index in [0.29, 0.717) is 6.54 Å². The van der Waals surface area contributed by atoms with Gasteiger partial charge in [0, 0.05) is 40.8 Å². The first-order chi connectivity index (χ1) is 12.2. The molecule has 4 rings (SSSR count). The molecule has 1 aliphatic rings. The lowest BCUT2D eigenvalue weighted by atomic mass is 10.1. The Kier molecular flexibility index (Phi) is 4.01. The van der Waals surface area contributed by atoms with Crippen LogP contribution in [0.3, 0.4) is 0 Å². The molecule has 0 aliphatic carbocycles. The number of benzene rings is 3. The number of amides is 1. The third kappa shape index (κ3) is 2.61. The van der Waals surface area contributed by atoms with Crippen LogP contribution in [0.25, 0.3) is 10.8 Å². The van der Waals surface area contributed by atoms with Crippen LogP contribution >= 0.6 is 11.9 Å². The minimum Gasteiger partial charge on any atom is -0.388 e. The maximum atomic E-state index is 12.6. The van der Waals surface area contributed by atoms with Crippen LogP contribution in [-0.2, 0) is 0 Å². The molecule has 0 aromatic heterocycles. The molecule has 0 atom stereocenters. The van der Waals surface area contributed by atoms with Crippen LogP contribution in [0.2, 0.25) is 0 Å². The van der Waals surface area contributed by atoms with Gasteiger partial charge in [-0.3, -0.25) is 4.79 Å². The van der Waals surface area contributed by atoms with Crippen molar-refractivity contribution in [3.63, 3.8) is 0 Å². The van der Waals surface area contributed by atoms with E-state index >= 15 is 0 Å². The first kappa shape index (κ1) is 15.8. The van der Waals surface area contributed by atoms with Gasteiger partial charge in [0.15, 0.2) is 0 Å². The van der Waals surface area contributed by atoms with Crippen LogP contribution in [0.4, 0.5) is 17.1 Å². The molecule has 0 spiro atoms. The zero-order chi connectivity index (χ0) is 17.4. The van der Waals surface area contributed by atoms with E-state index in [1.165, 1.54) is 0 Å². The Labute approximate surface area is 151 Å². The maximum Gasteiger partial charge on any atom is 0.258 e. The zero-order valence-corrected chi connectivity index (χ0v) is 15.0. The molecule has 126 valence electrons. The second-order valence-electron chi connectivity index (χ2n) is 5.90. The minimum absolute atomic E-state index is 0.0972. The Hall–Kier alpha value is -2.66. The third-order valence-electron chi connectivity index (χ3n) is 4.49. The van der Waals surface area contributed by atoms with Crippen molar-refractivity contribution in [1.29, 1.82) is 0 Å². The van der Waals surface area contributed by atoms with E-state index in [2.05, 4.69) is 28.2 Å². The summed E-state index contributed by atoms with van der Waals surface area (Å²) in [5, 5.41) is 5.32. The molecule has 25 heavy (non-hydrogen) atoms. The van der Waals surface area contributed by atoms with Gasteiger partial charge >= 0.3 is 0 Å². The first-order valence-electron chi connectivity index (χ1n) is 8.31. The summed E-state index contributed by atoms with van der Waals surface area (Å²) in [5.41, 5.74) is 3.91. The Morgan fingerprint density at radius 1 is 1.04 bits per heavy atom. The Morgan fingerprint density at radius 3 is 2.64 bits per heavy atom. The van der Waals surface area contributed by atoms with Gasteiger partial charge in [0.2, 0.25) is 0 Å². The fourth-order valence-electron chi connectivity index (χ4n) is 3.27. The van der Waals surface area contributed by atoms with E-state index < -0.39 is 0 Å². The number of carbonyl (C=O) groups excluding carboxylic acids is 1. The fourth-order valence-corrected chi connectivity index (χ4v) is 4.05. The number of anilines is 3. The highest BCUT2D eigenvalue weighted by Crippen LogP contribution is 2.41. The average Bonchev–Trinajstić information content (AvgIpc) is 2.94. The third-order valence-corrected chi connectivity index (χ3v) is 5.40. The Balaban J connectivity index is 1.70. The van der Waals surface area contributed by atoms with E-state index in [1.54, 1.807) is 11.9 Å². The van der Waals surface area contributed by atoms with Crippen molar-refractivity contribution in [2.24, 2.45) is 0 Å². The van der Waals surface area contributed by atoms with Crippen LogP contribution in [0.1, 0.15) is 17.3 Å². The van der Waals surface area contributed by atoms with Gasteiger partial charge < -0.3 is 14.9 Å². The lowest BCUT2D eigenvalue weighted by Crippen LogP contribution is -2.25. The van der Waals surface area contributed by atoms with Crippen molar-refractivity contribution in [1.82, 2.24) is 0 Å². The topological polar surface area (TPSA) is 44.4 Å². The summed E-state index contributed by atoms with van der Waals surface area (Å²) in [6.07, 6.45) is 0. The molecule has 4 nitrogen and oxygen atoms in total. The summed E-state index contributed by atoms with van der Waals surface area (Å²) in [6, 6.07) is 18.2. The largest absolute Gasteiger partial charge is 0.388 e. The molecule has 0 fully saturated rings. The molecular formula is C20H19N3OS. The predicted molar refractivity (Wildman–Crippen MR) is 107 cm³/mol. The molecule has 0 bridgehead atoms. The smallest absolute Gasteiger partial charge is 0.258 e. The van der Waals surface area contributed by atoms with Crippen molar-refractivity contribution in [2.75, 3.05) is 28.5 Å². The highest BCUT2D eigenvalue weighted by atomic mass is 32.2. The standard InChI is InChI=1S/C20H19N3OS/c1-3-23-17-10-11-18(15-8-5-9-16(19(15)17)20(23)24)25-22-14-7-4-6-13(12-14)21-2/h4-12,21-22H,3H2,1-2H3. The van der Waals surface area contributed by atoms with Gasteiger partial charge in [-0.2, -0.15) is 0 Å². The SMILES string of the molecule is CCN1C(=O)c2cccc3c(SNc4cccc(NC)c4)ccc1c23. The van der Waals surface area contributed by atoms with Gasteiger partial charge in [0.05, 0.1) is 5.69 Å². The van der Waals surface area contributed by atoms with Gasteiger partial charge in [-0.15, -0.1) is 0 Å². The molecule has 0 saturated carbocycles. The van der Waals surface area contributed by atoms with Gasteiger partial charge in [-0.1, -0.05) is 18.2 Å². The van der Waals surface area contributed by atoms with E-state index in [4.69, 9.17) is 0 Å². The first-order valence-corrected chi connectivity index (χ1v) is 9.13. The lowest BCUT2D eigenvalue weighted by Gasteiger charge is -2.15. The summed E-state index contributed by atoms with van der Waals surface area (Å²) in [4.78, 5) is 15.5. The van der Waals surface area contributed by atoms with Crippen molar-refractivity contribution >= 4 is 45.7 Å². The number of nitrogens with zero attached hydrogens (tertiary/aromatic N) is 1. The molecule has 1 aliphatic heterocycles. The number of nitrogens with one attached hydrogen (secondary N) is 2. The molecule has 3 aromatic rings. The highest BCUT2D eigenvalue weighted by molar-refractivity contribution is 8.00. The van der Waals surface area contributed by atoms with Gasteiger partial charge in [0.1, 0.15) is 0 Å². The highest BCUT2D eigenvalue weighted by Gasteiger charge is 2.29. The Bertz CT molecular complexity index is 970. The van der Waals surface area contributed by atoms with Crippen molar-refractivity contribution in [3.05, 3.63) is 60.2 Å². The molecular weight excluding hydrogens is 330 g/mol. The molecule has 2 N–H and O–H groups in total. The number of hydrogen-bond donors (Lipinski definition) is 2. The molecule has 3 aromatic carbocycles. The summed E-state index contributed by atoms with van der Waals surface area (Å²) in [6.45, 7) is 2.69. The lowest BCUT2D eigenvalue weighted by molar-refractivity contribution is 0.0994. The normalized spacial score (nSPS) is 12.7. The van der Waals surface area contributed by atoms with E-state index in [1.807, 2.05) is 55.3 Å². The van der Waals surface area contributed by atoms with Crippen molar-refractivity contribution < 1.29 is 4.79 Å². The summed E-state index contributed by atoms with van der Waals surface area (Å²) >= 11 is 1.57. The van der Waals surface area contributed by atoms with Crippen LogP contribution in [-0.4, -0.2) is 19.5 Å². The van der Waals surface area contributed by atoms with Crippen LogP contribution in [0, 0.1) is 0 Å². The minimum atomic E-state index is 0.0972. The number of carbonyl (C=O) groups is 1. The summed E-state index contributed by atoms with van der Waals surface area (Å²) < 4.78 is 3.40. The quantitative estimate of drug-likeness (QED) is 0.638. The molecule has 0 radical (unpaired) electrons. The molecule has 0 unspecified atom stereocenters. The van der Waals surface area contributed by atoms with E-state index in [9.17, 15) is 4.79 Å². The molecule has 5 heteroatoms. The average molecular weight is 349 g/mol. The Morgan fingerprint density at radius 2 is 1.84 bits per heavy atom. The number of rotatable bonds is 5. The summed E-state index contributed by atoms with van der Waals surface area (Å²) in [5.74, 6) is 0.0972. The van der Waals surface area contributed by atoms with Crippen LogP contribution in [0.15, 0.2) is 59.5 Å². The monoisotopic (exact) mass is 349 g/mol. The van der Waals surface area contributed by atoms with Crippen molar-refractivity contribution in [2.45, 2.75) is 11.8 Å². The second kappa shape index (κ2) is 6.33. The van der Waals surface area contributed by atoms with Gasteiger partial charge in [-0.25, -0.2) is 0 Å². The van der Waals surface area contributed by atoms with Crippen LogP contribution < -0.4 is 14.9 Å².